The summed E-state index contributed by atoms with van der Waals surface area (Å²) in [6.45, 7) is 4.83. The lowest BCUT2D eigenvalue weighted by Gasteiger charge is -2.35. The fraction of sp³-hybridized carbons (Fsp3) is 0.345. The fourth-order valence-corrected chi connectivity index (χ4v) is 4.73. The van der Waals surface area contributed by atoms with E-state index in [1.807, 2.05) is 31.2 Å². The number of carboxylic acid groups (broad SMARTS) is 1. The molecule has 1 saturated carbocycles. The summed E-state index contributed by atoms with van der Waals surface area (Å²) in [4.78, 5) is 13.7. The number of nitrogens with zero attached hydrogens (tertiary/aromatic N) is 1. The third-order valence-corrected chi connectivity index (χ3v) is 6.85. The van der Waals surface area contributed by atoms with E-state index in [1.165, 1.54) is 0 Å². The quantitative estimate of drug-likeness (QED) is 0.483. The zero-order valence-electron chi connectivity index (χ0n) is 20.1. The Morgan fingerprint density at radius 3 is 2.71 bits per heavy atom. The summed E-state index contributed by atoms with van der Waals surface area (Å²) in [5.41, 5.74) is 12.3. The van der Waals surface area contributed by atoms with E-state index in [0.717, 1.165) is 60.5 Å². The molecule has 5 rings (SSSR count). The van der Waals surface area contributed by atoms with Crippen molar-refractivity contribution in [3.63, 3.8) is 0 Å². The predicted molar refractivity (Wildman–Crippen MR) is 137 cm³/mol. The van der Waals surface area contributed by atoms with Crippen LogP contribution in [0.1, 0.15) is 42.5 Å². The number of aliphatic carboxylic acids is 1. The van der Waals surface area contributed by atoms with Crippen LogP contribution in [0.5, 0.6) is 5.75 Å². The second kappa shape index (κ2) is 9.72. The number of morpholine rings is 1. The molecular formula is C29H32N2O4. The Morgan fingerprint density at radius 2 is 1.94 bits per heavy atom. The fourth-order valence-electron chi connectivity index (χ4n) is 4.73. The number of carbonyl (C=O) groups is 1. The number of nitrogens with two attached hydrogens (primary N) is 1. The van der Waals surface area contributed by atoms with Crippen LogP contribution in [0.15, 0.2) is 66.7 Å². The molecule has 3 aromatic carbocycles. The first kappa shape index (κ1) is 23.4. The zero-order chi connectivity index (χ0) is 24.4. The van der Waals surface area contributed by atoms with Gasteiger partial charge in [0.05, 0.1) is 18.6 Å². The third-order valence-electron chi connectivity index (χ3n) is 6.85. The van der Waals surface area contributed by atoms with Crippen molar-refractivity contribution in [1.82, 2.24) is 0 Å². The highest BCUT2D eigenvalue weighted by Crippen LogP contribution is 2.43. The SMILES string of the molecule is C[C@H](N)c1cccc(-c2cc(COc3ccccc3CC(=O)O)cc(N3CCOC4(CC4)C3)c2)c1. The van der Waals surface area contributed by atoms with Gasteiger partial charge >= 0.3 is 5.97 Å². The smallest absolute Gasteiger partial charge is 0.307 e. The highest BCUT2D eigenvalue weighted by Gasteiger charge is 2.47. The molecule has 0 aromatic heterocycles. The Bertz CT molecular complexity index is 1220. The molecule has 6 heteroatoms. The van der Waals surface area contributed by atoms with Gasteiger partial charge in [-0.05, 0) is 72.4 Å². The second-order valence-electron chi connectivity index (χ2n) is 9.72. The topological polar surface area (TPSA) is 85.0 Å². The number of para-hydroxylation sites is 1. The van der Waals surface area contributed by atoms with Crippen molar-refractivity contribution in [3.05, 3.63) is 83.4 Å². The Kier molecular flexibility index (Phi) is 6.50. The first-order valence-electron chi connectivity index (χ1n) is 12.2. The van der Waals surface area contributed by atoms with Crippen molar-refractivity contribution < 1.29 is 19.4 Å². The molecule has 1 atom stereocenters. The molecule has 1 saturated heterocycles. The Balaban J connectivity index is 1.46. The van der Waals surface area contributed by atoms with E-state index in [1.54, 1.807) is 6.07 Å². The van der Waals surface area contributed by atoms with Crippen LogP contribution >= 0.6 is 0 Å². The lowest BCUT2D eigenvalue weighted by molar-refractivity contribution is -0.136. The maximum absolute atomic E-state index is 11.3. The Labute approximate surface area is 206 Å². The van der Waals surface area contributed by atoms with Gasteiger partial charge in [-0.2, -0.15) is 0 Å². The summed E-state index contributed by atoms with van der Waals surface area (Å²) in [7, 11) is 0. The van der Waals surface area contributed by atoms with Gasteiger partial charge in [-0.25, -0.2) is 0 Å². The van der Waals surface area contributed by atoms with Crippen molar-refractivity contribution >= 4 is 11.7 Å². The molecule has 0 radical (unpaired) electrons. The van der Waals surface area contributed by atoms with Gasteiger partial charge in [0.2, 0.25) is 0 Å². The van der Waals surface area contributed by atoms with Crippen LogP contribution in [-0.4, -0.2) is 36.4 Å². The Morgan fingerprint density at radius 1 is 1.11 bits per heavy atom. The Hall–Kier alpha value is -3.35. The molecule has 1 heterocycles. The van der Waals surface area contributed by atoms with Crippen molar-refractivity contribution in [3.8, 4) is 16.9 Å². The summed E-state index contributed by atoms with van der Waals surface area (Å²) in [6.07, 6.45) is 2.17. The summed E-state index contributed by atoms with van der Waals surface area (Å²) >= 11 is 0. The molecule has 0 amide bonds. The summed E-state index contributed by atoms with van der Waals surface area (Å²) in [5, 5.41) is 9.25. The van der Waals surface area contributed by atoms with Crippen LogP contribution in [0, 0.1) is 0 Å². The van der Waals surface area contributed by atoms with Gasteiger partial charge in [0, 0.05) is 30.4 Å². The van der Waals surface area contributed by atoms with E-state index in [2.05, 4.69) is 41.3 Å². The highest BCUT2D eigenvalue weighted by molar-refractivity contribution is 5.72. The molecule has 6 nitrogen and oxygen atoms in total. The van der Waals surface area contributed by atoms with E-state index in [0.29, 0.717) is 17.9 Å². The normalized spacial score (nSPS) is 17.3. The molecule has 3 N–H and O–H groups in total. The molecular weight excluding hydrogens is 440 g/mol. The van der Waals surface area contributed by atoms with E-state index in [-0.39, 0.29) is 18.1 Å². The summed E-state index contributed by atoms with van der Waals surface area (Å²) in [6, 6.07) is 22.2. The lowest BCUT2D eigenvalue weighted by Crippen LogP contribution is -2.44. The second-order valence-corrected chi connectivity index (χ2v) is 9.72. The van der Waals surface area contributed by atoms with Crippen LogP contribution in [0.3, 0.4) is 0 Å². The van der Waals surface area contributed by atoms with Gasteiger partial charge in [0.25, 0.3) is 0 Å². The first-order chi connectivity index (χ1) is 16.9. The molecule has 2 aliphatic rings. The number of hydrogen-bond donors (Lipinski definition) is 2. The van der Waals surface area contributed by atoms with Gasteiger partial charge in [-0.3, -0.25) is 4.79 Å². The van der Waals surface area contributed by atoms with E-state index < -0.39 is 5.97 Å². The van der Waals surface area contributed by atoms with Crippen LogP contribution < -0.4 is 15.4 Å². The average Bonchev–Trinajstić information content (AvgIpc) is 3.61. The van der Waals surface area contributed by atoms with Crippen molar-refractivity contribution in [2.75, 3.05) is 24.6 Å². The maximum atomic E-state index is 11.3. The predicted octanol–water partition coefficient (Wildman–Crippen LogP) is 4.95. The number of rotatable bonds is 8. The van der Waals surface area contributed by atoms with Gasteiger partial charge in [-0.1, -0.05) is 36.4 Å². The number of ether oxygens (including phenoxy) is 2. The minimum Gasteiger partial charge on any atom is -0.489 e. The van der Waals surface area contributed by atoms with Gasteiger partial charge in [0.1, 0.15) is 12.4 Å². The van der Waals surface area contributed by atoms with Gasteiger partial charge in [-0.15, -0.1) is 0 Å². The monoisotopic (exact) mass is 472 g/mol. The average molecular weight is 473 g/mol. The number of anilines is 1. The van der Waals surface area contributed by atoms with Crippen LogP contribution in [-0.2, 0) is 22.6 Å². The van der Waals surface area contributed by atoms with Crippen LogP contribution in [0.2, 0.25) is 0 Å². The van der Waals surface area contributed by atoms with Crippen LogP contribution in [0.4, 0.5) is 5.69 Å². The molecule has 1 spiro atoms. The number of hydrogen-bond acceptors (Lipinski definition) is 5. The molecule has 182 valence electrons. The van der Waals surface area contributed by atoms with Crippen molar-refractivity contribution in [1.29, 1.82) is 0 Å². The zero-order valence-corrected chi connectivity index (χ0v) is 20.1. The van der Waals surface area contributed by atoms with Crippen molar-refractivity contribution in [2.24, 2.45) is 5.73 Å². The van der Waals surface area contributed by atoms with Crippen LogP contribution in [0.25, 0.3) is 11.1 Å². The molecule has 35 heavy (non-hydrogen) atoms. The summed E-state index contributed by atoms with van der Waals surface area (Å²) in [5.74, 6) is -0.273. The molecule has 2 fully saturated rings. The molecule has 1 aliphatic carbocycles. The largest absolute Gasteiger partial charge is 0.489 e. The third kappa shape index (κ3) is 5.50. The van der Waals surface area contributed by atoms with Gasteiger partial charge in [0.15, 0.2) is 0 Å². The molecule has 0 bridgehead atoms. The lowest BCUT2D eigenvalue weighted by atomic mass is 9.98. The number of benzene rings is 3. The van der Waals surface area contributed by atoms with Gasteiger partial charge < -0.3 is 25.2 Å². The van der Waals surface area contributed by atoms with E-state index in [9.17, 15) is 9.90 Å². The first-order valence-corrected chi connectivity index (χ1v) is 12.2. The van der Waals surface area contributed by atoms with E-state index in [4.69, 9.17) is 15.2 Å². The van der Waals surface area contributed by atoms with E-state index >= 15 is 0 Å². The summed E-state index contributed by atoms with van der Waals surface area (Å²) < 4.78 is 12.2. The molecule has 0 unspecified atom stereocenters. The number of carboxylic acids is 1. The maximum Gasteiger partial charge on any atom is 0.307 e. The van der Waals surface area contributed by atoms with Crippen molar-refractivity contribution in [2.45, 2.75) is 44.4 Å². The standard InChI is InChI=1S/C29H32N2O4/c1-20(30)22-6-4-7-23(15-22)25-13-21(18-34-27-8-3-2-5-24(27)17-28(32)33)14-26(16-25)31-11-12-35-29(19-31)9-10-29/h2-8,13-16,20H,9-12,17-19,30H2,1H3,(H,32,33)/t20-/m0/s1. The highest BCUT2D eigenvalue weighted by atomic mass is 16.5. The molecule has 1 aliphatic heterocycles. The minimum absolute atomic E-state index is 0.0234. The molecule has 3 aromatic rings. The minimum atomic E-state index is -0.874.